The fourth-order valence-electron chi connectivity index (χ4n) is 4.82. The first-order chi connectivity index (χ1) is 19.0. The summed E-state index contributed by atoms with van der Waals surface area (Å²) in [4.78, 5) is 34.1. The van der Waals surface area contributed by atoms with Gasteiger partial charge in [-0.15, -0.1) is 11.3 Å². The molecular weight excluding hydrogens is 516 g/mol. The molecule has 9 heteroatoms. The zero-order chi connectivity index (χ0) is 27.1. The molecule has 0 spiro atoms. The molecule has 0 radical (unpaired) electrons. The monoisotopic (exact) mass is 540 g/mol. The summed E-state index contributed by atoms with van der Waals surface area (Å²) >= 11 is 1.24. The number of carbonyl (C=O) groups is 2. The van der Waals surface area contributed by atoms with Gasteiger partial charge >= 0.3 is 0 Å². The Balaban J connectivity index is 1.46. The number of ether oxygens (including phenoxy) is 3. The van der Waals surface area contributed by atoms with Crippen LogP contribution in [0.15, 0.2) is 84.1 Å². The minimum atomic E-state index is -0.889. The zero-order valence-corrected chi connectivity index (χ0v) is 22.0. The predicted octanol–water partition coefficient (Wildman–Crippen LogP) is 5.68. The summed E-state index contributed by atoms with van der Waals surface area (Å²) in [6, 6.07) is 20.9. The highest BCUT2D eigenvalue weighted by Crippen LogP contribution is 2.45. The SMILES string of the molecule is COc1ccc(C2C(C(=O)c3sc(-c4ccccc4)nc3C)=C(O)C(=O)N2c2ccc3c(c2)OCCO3)cc1. The van der Waals surface area contributed by atoms with Gasteiger partial charge in [0.1, 0.15) is 24.0 Å². The average molecular weight is 541 g/mol. The van der Waals surface area contributed by atoms with Crippen LogP contribution in [0.1, 0.15) is 27.0 Å². The second-order valence-corrected chi connectivity index (χ2v) is 10.1. The Morgan fingerprint density at radius 2 is 1.74 bits per heavy atom. The van der Waals surface area contributed by atoms with Crippen LogP contribution in [0.2, 0.25) is 0 Å². The van der Waals surface area contributed by atoms with Crippen molar-refractivity contribution in [2.45, 2.75) is 13.0 Å². The van der Waals surface area contributed by atoms with Gasteiger partial charge in [-0.25, -0.2) is 4.98 Å². The minimum absolute atomic E-state index is 0.00795. The van der Waals surface area contributed by atoms with E-state index in [1.54, 1.807) is 56.5 Å². The number of aliphatic hydroxyl groups excluding tert-OH is 1. The van der Waals surface area contributed by atoms with Crippen LogP contribution in [0.5, 0.6) is 17.2 Å². The van der Waals surface area contributed by atoms with E-state index in [9.17, 15) is 14.7 Å². The lowest BCUT2D eigenvalue weighted by atomic mass is 9.94. The van der Waals surface area contributed by atoms with Crippen molar-refractivity contribution in [1.29, 1.82) is 0 Å². The first-order valence-corrected chi connectivity index (χ1v) is 13.2. The molecule has 2 aliphatic heterocycles. The smallest absolute Gasteiger partial charge is 0.294 e. The number of aliphatic hydroxyl groups is 1. The normalized spacial score (nSPS) is 16.5. The number of hydrogen-bond donors (Lipinski definition) is 1. The van der Waals surface area contributed by atoms with E-state index in [4.69, 9.17) is 14.2 Å². The summed E-state index contributed by atoms with van der Waals surface area (Å²) < 4.78 is 16.7. The Morgan fingerprint density at radius 3 is 2.46 bits per heavy atom. The second-order valence-electron chi connectivity index (χ2n) is 9.07. The molecule has 0 fully saturated rings. The molecule has 39 heavy (non-hydrogen) atoms. The Morgan fingerprint density at radius 1 is 1.03 bits per heavy atom. The summed E-state index contributed by atoms with van der Waals surface area (Å²) in [5.74, 6) is -0.0317. The molecule has 4 aromatic rings. The number of methoxy groups -OCH3 is 1. The molecule has 3 heterocycles. The Hall–Kier alpha value is -4.63. The van der Waals surface area contributed by atoms with Crippen LogP contribution >= 0.6 is 11.3 Å². The molecule has 0 saturated heterocycles. The third-order valence-corrected chi connectivity index (χ3v) is 7.92. The van der Waals surface area contributed by atoms with Crippen molar-refractivity contribution in [2.75, 3.05) is 25.2 Å². The summed E-state index contributed by atoms with van der Waals surface area (Å²) in [5, 5.41) is 11.9. The molecule has 196 valence electrons. The van der Waals surface area contributed by atoms with Crippen molar-refractivity contribution in [3.63, 3.8) is 0 Å². The molecule has 3 aromatic carbocycles. The van der Waals surface area contributed by atoms with E-state index < -0.39 is 23.5 Å². The number of fused-ring (bicyclic) bond motifs is 1. The van der Waals surface area contributed by atoms with E-state index in [1.807, 2.05) is 30.3 Å². The number of aryl methyl sites for hydroxylation is 1. The number of nitrogens with zero attached hydrogens (tertiary/aromatic N) is 2. The van der Waals surface area contributed by atoms with Crippen molar-refractivity contribution in [3.8, 4) is 27.8 Å². The third-order valence-electron chi connectivity index (χ3n) is 6.71. The molecule has 8 nitrogen and oxygen atoms in total. The quantitative estimate of drug-likeness (QED) is 0.314. The standard InChI is InChI=1S/C30H24N2O6S/c1-17-28(39-29(31-17)19-6-4-3-5-7-19)26(33)24-25(18-8-11-21(36-2)12-9-18)32(30(35)27(24)34)20-10-13-22-23(16-20)38-15-14-37-22/h3-13,16,25,34H,14-15H2,1-2H3. The molecule has 1 amide bonds. The maximum absolute atomic E-state index is 14.1. The minimum Gasteiger partial charge on any atom is -0.503 e. The molecule has 0 saturated carbocycles. The molecular formula is C30H24N2O6S. The number of anilines is 1. The number of hydrogen-bond acceptors (Lipinski definition) is 8. The fraction of sp³-hybridized carbons (Fsp3) is 0.167. The third kappa shape index (κ3) is 4.30. The van der Waals surface area contributed by atoms with Crippen LogP contribution in [0.25, 0.3) is 10.6 Å². The summed E-state index contributed by atoms with van der Waals surface area (Å²) in [5.41, 5.74) is 2.51. The molecule has 1 aromatic heterocycles. The number of rotatable bonds is 6. The first-order valence-electron chi connectivity index (χ1n) is 12.3. The predicted molar refractivity (Wildman–Crippen MR) is 147 cm³/mol. The topological polar surface area (TPSA) is 98.2 Å². The first kappa shape index (κ1) is 24.7. The average Bonchev–Trinajstić information content (AvgIpc) is 3.50. The molecule has 1 unspecified atom stereocenters. The summed E-state index contributed by atoms with van der Waals surface area (Å²) in [6.07, 6.45) is 0. The van der Waals surface area contributed by atoms with Gasteiger partial charge in [0.05, 0.1) is 29.3 Å². The highest BCUT2D eigenvalue weighted by Gasteiger charge is 2.45. The van der Waals surface area contributed by atoms with Crippen LogP contribution in [0.4, 0.5) is 5.69 Å². The van der Waals surface area contributed by atoms with E-state index in [2.05, 4.69) is 4.98 Å². The number of aromatic nitrogens is 1. The van der Waals surface area contributed by atoms with E-state index in [0.717, 1.165) is 5.56 Å². The highest BCUT2D eigenvalue weighted by atomic mass is 32.1. The number of thiazole rings is 1. The number of carbonyl (C=O) groups excluding carboxylic acids is 2. The van der Waals surface area contributed by atoms with Crippen LogP contribution in [0, 0.1) is 6.92 Å². The Labute approximate surface area is 228 Å². The number of Topliss-reactive ketones (excluding diaryl/α,β-unsaturated/α-hetero) is 1. The lowest BCUT2D eigenvalue weighted by molar-refractivity contribution is -0.117. The molecule has 2 aliphatic rings. The maximum Gasteiger partial charge on any atom is 0.294 e. The lowest BCUT2D eigenvalue weighted by Gasteiger charge is -2.28. The second kappa shape index (κ2) is 9.92. The molecule has 6 rings (SSSR count). The summed E-state index contributed by atoms with van der Waals surface area (Å²) in [7, 11) is 1.56. The summed E-state index contributed by atoms with van der Waals surface area (Å²) in [6.45, 7) is 2.57. The Kier molecular flexibility index (Phi) is 6.28. The van der Waals surface area contributed by atoms with Crippen molar-refractivity contribution >= 4 is 28.7 Å². The highest BCUT2D eigenvalue weighted by molar-refractivity contribution is 7.17. The van der Waals surface area contributed by atoms with Crippen molar-refractivity contribution < 1.29 is 28.9 Å². The van der Waals surface area contributed by atoms with Crippen molar-refractivity contribution in [2.24, 2.45) is 0 Å². The zero-order valence-electron chi connectivity index (χ0n) is 21.2. The van der Waals surface area contributed by atoms with Crippen LogP contribution in [-0.4, -0.2) is 42.1 Å². The van der Waals surface area contributed by atoms with E-state index in [0.29, 0.717) is 57.3 Å². The van der Waals surface area contributed by atoms with Crippen LogP contribution in [-0.2, 0) is 4.79 Å². The number of ketones is 1. The molecule has 0 aliphatic carbocycles. The van der Waals surface area contributed by atoms with Gasteiger partial charge in [-0.1, -0.05) is 42.5 Å². The Bertz CT molecular complexity index is 1610. The van der Waals surface area contributed by atoms with E-state index in [-0.39, 0.29) is 5.57 Å². The van der Waals surface area contributed by atoms with Gasteiger partial charge in [0, 0.05) is 17.3 Å². The van der Waals surface area contributed by atoms with Gasteiger partial charge in [0.15, 0.2) is 17.3 Å². The van der Waals surface area contributed by atoms with E-state index in [1.165, 1.54) is 16.2 Å². The van der Waals surface area contributed by atoms with E-state index >= 15 is 0 Å². The van der Waals surface area contributed by atoms with Gasteiger partial charge in [-0.2, -0.15) is 0 Å². The number of amides is 1. The van der Waals surface area contributed by atoms with Crippen LogP contribution < -0.4 is 19.1 Å². The maximum atomic E-state index is 14.1. The van der Waals surface area contributed by atoms with Gasteiger partial charge in [0.25, 0.3) is 5.91 Å². The molecule has 0 bridgehead atoms. The van der Waals surface area contributed by atoms with Crippen molar-refractivity contribution in [3.05, 3.63) is 100 Å². The van der Waals surface area contributed by atoms with Crippen molar-refractivity contribution in [1.82, 2.24) is 4.98 Å². The van der Waals surface area contributed by atoms with Gasteiger partial charge < -0.3 is 19.3 Å². The van der Waals surface area contributed by atoms with Gasteiger partial charge in [-0.05, 0) is 36.8 Å². The molecule has 1 N–H and O–H groups in total. The fourth-order valence-corrected chi connectivity index (χ4v) is 5.85. The largest absolute Gasteiger partial charge is 0.503 e. The lowest BCUT2D eigenvalue weighted by Crippen LogP contribution is -2.31. The number of benzene rings is 3. The molecule has 1 atom stereocenters. The van der Waals surface area contributed by atoms with Crippen LogP contribution in [0.3, 0.4) is 0 Å². The van der Waals surface area contributed by atoms with Gasteiger partial charge in [-0.3, -0.25) is 14.5 Å². The van der Waals surface area contributed by atoms with Gasteiger partial charge in [0.2, 0.25) is 5.78 Å².